The Labute approximate surface area is 155 Å². The van der Waals surface area contributed by atoms with Crippen LogP contribution in [-0.4, -0.2) is 29.8 Å². The number of aromatic nitrogens is 1. The maximum absolute atomic E-state index is 11.8. The van der Waals surface area contributed by atoms with Gasteiger partial charge in [-0.3, -0.25) is 4.79 Å². The van der Waals surface area contributed by atoms with Crippen molar-refractivity contribution in [3.63, 3.8) is 0 Å². The quantitative estimate of drug-likeness (QED) is 0.580. The highest BCUT2D eigenvalue weighted by Crippen LogP contribution is 2.21. The largest absolute Gasteiger partial charge is 0.364 e. The standard InChI is InChI=1S/C19H20N2O2S2/c22-18(20-10-11-24-14-15-6-2-1-3-7-15)12-23-13-19-21-16-8-4-5-9-17(16)25-19/h1-9H,10-14H2,(H,20,22). The van der Waals surface area contributed by atoms with Crippen molar-refractivity contribution in [1.29, 1.82) is 0 Å². The highest BCUT2D eigenvalue weighted by molar-refractivity contribution is 7.98. The molecule has 1 heterocycles. The second kappa shape index (κ2) is 9.56. The van der Waals surface area contributed by atoms with Gasteiger partial charge >= 0.3 is 0 Å². The van der Waals surface area contributed by atoms with Crippen LogP contribution in [0.3, 0.4) is 0 Å². The van der Waals surface area contributed by atoms with E-state index in [1.807, 2.05) is 54.2 Å². The number of benzene rings is 2. The molecule has 0 fully saturated rings. The summed E-state index contributed by atoms with van der Waals surface area (Å²) >= 11 is 3.41. The first-order valence-corrected chi connectivity index (χ1v) is 10.1. The minimum Gasteiger partial charge on any atom is -0.364 e. The normalized spacial score (nSPS) is 10.9. The number of carbonyl (C=O) groups is 1. The SMILES string of the molecule is O=C(COCc1nc2ccccc2s1)NCCSCc1ccccc1. The molecule has 1 amide bonds. The minimum absolute atomic E-state index is 0.0687. The second-order valence-electron chi connectivity index (χ2n) is 5.46. The number of para-hydroxylation sites is 1. The van der Waals surface area contributed by atoms with Gasteiger partial charge in [0.15, 0.2) is 0 Å². The van der Waals surface area contributed by atoms with Gasteiger partial charge in [0.05, 0.1) is 16.8 Å². The maximum Gasteiger partial charge on any atom is 0.246 e. The van der Waals surface area contributed by atoms with Crippen molar-refractivity contribution in [2.24, 2.45) is 0 Å². The van der Waals surface area contributed by atoms with Crippen LogP contribution in [0.2, 0.25) is 0 Å². The minimum atomic E-state index is -0.0820. The smallest absolute Gasteiger partial charge is 0.246 e. The molecule has 0 saturated heterocycles. The first-order chi connectivity index (χ1) is 12.3. The summed E-state index contributed by atoms with van der Waals surface area (Å²) in [5.41, 5.74) is 2.28. The molecule has 0 atom stereocenters. The van der Waals surface area contributed by atoms with Crippen molar-refractivity contribution in [1.82, 2.24) is 10.3 Å². The molecule has 25 heavy (non-hydrogen) atoms. The van der Waals surface area contributed by atoms with Gasteiger partial charge in [0, 0.05) is 18.1 Å². The zero-order valence-corrected chi connectivity index (χ0v) is 15.4. The fourth-order valence-corrected chi connectivity index (χ4v) is 4.01. The number of carbonyl (C=O) groups excluding carboxylic acids is 1. The third kappa shape index (κ3) is 5.85. The number of thiazole rings is 1. The Balaban J connectivity index is 1.28. The number of fused-ring (bicyclic) bond motifs is 1. The Bertz CT molecular complexity index is 772. The Morgan fingerprint density at radius 3 is 2.76 bits per heavy atom. The lowest BCUT2D eigenvalue weighted by Gasteiger charge is -2.05. The van der Waals surface area contributed by atoms with E-state index >= 15 is 0 Å². The molecule has 4 nitrogen and oxygen atoms in total. The van der Waals surface area contributed by atoms with Crippen LogP contribution < -0.4 is 5.32 Å². The van der Waals surface area contributed by atoms with Crippen LogP contribution in [0, 0.1) is 0 Å². The maximum atomic E-state index is 11.8. The van der Waals surface area contributed by atoms with Crippen molar-refractivity contribution in [2.45, 2.75) is 12.4 Å². The van der Waals surface area contributed by atoms with Gasteiger partial charge in [0.2, 0.25) is 5.91 Å². The van der Waals surface area contributed by atoms with Gasteiger partial charge in [0.25, 0.3) is 0 Å². The summed E-state index contributed by atoms with van der Waals surface area (Å²) in [5.74, 6) is 1.77. The van der Waals surface area contributed by atoms with E-state index in [9.17, 15) is 4.79 Å². The van der Waals surface area contributed by atoms with E-state index in [0.29, 0.717) is 13.2 Å². The molecule has 0 saturated carbocycles. The van der Waals surface area contributed by atoms with Gasteiger partial charge in [-0.25, -0.2) is 4.98 Å². The summed E-state index contributed by atoms with van der Waals surface area (Å²) in [4.78, 5) is 16.3. The molecule has 0 spiro atoms. The Morgan fingerprint density at radius 2 is 1.92 bits per heavy atom. The molecule has 0 aliphatic heterocycles. The van der Waals surface area contributed by atoms with E-state index < -0.39 is 0 Å². The van der Waals surface area contributed by atoms with Gasteiger partial charge in [-0.2, -0.15) is 11.8 Å². The Hall–Kier alpha value is -1.89. The summed E-state index contributed by atoms with van der Waals surface area (Å²) in [6.07, 6.45) is 0. The number of nitrogens with one attached hydrogen (secondary N) is 1. The summed E-state index contributed by atoms with van der Waals surface area (Å²) in [5, 5.41) is 3.78. The fourth-order valence-electron chi connectivity index (χ4n) is 2.29. The lowest BCUT2D eigenvalue weighted by atomic mass is 10.2. The van der Waals surface area contributed by atoms with Gasteiger partial charge in [-0.05, 0) is 17.7 Å². The predicted molar refractivity (Wildman–Crippen MR) is 105 cm³/mol. The topological polar surface area (TPSA) is 51.2 Å². The number of amides is 1. The van der Waals surface area contributed by atoms with Crippen molar-refractivity contribution < 1.29 is 9.53 Å². The molecule has 3 rings (SSSR count). The molecule has 6 heteroatoms. The summed E-state index contributed by atoms with van der Waals surface area (Å²) in [6, 6.07) is 18.3. The number of nitrogens with zero attached hydrogens (tertiary/aromatic N) is 1. The number of ether oxygens (including phenoxy) is 1. The average molecular weight is 373 g/mol. The monoisotopic (exact) mass is 372 g/mol. The zero-order valence-electron chi connectivity index (χ0n) is 13.8. The number of thioether (sulfide) groups is 1. The summed E-state index contributed by atoms with van der Waals surface area (Å²) in [7, 11) is 0. The van der Waals surface area contributed by atoms with Crippen LogP contribution in [0.4, 0.5) is 0 Å². The first kappa shape index (κ1) is 17.9. The lowest BCUT2D eigenvalue weighted by Crippen LogP contribution is -2.29. The number of hydrogen-bond acceptors (Lipinski definition) is 5. The van der Waals surface area contributed by atoms with Crippen LogP contribution in [0.15, 0.2) is 54.6 Å². The lowest BCUT2D eigenvalue weighted by molar-refractivity contribution is -0.125. The third-order valence-electron chi connectivity index (χ3n) is 3.48. The van der Waals surface area contributed by atoms with E-state index in [-0.39, 0.29) is 12.5 Å². The molecule has 1 N–H and O–H groups in total. The molecule has 0 aliphatic carbocycles. The molecular formula is C19H20N2O2S2. The van der Waals surface area contributed by atoms with Gasteiger partial charge in [-0.1, -0.05) is 42.5 Å². The highest BCUT2D eigenvalue weighted by Gasteiger charge is 2.05. The van der Waals surface area contributed by atoms with Gasteiger partial charge in [0.1, 0.15) is 11.6 Å². The number of rotatable bonds is 9. The fraction of sp³-hybridized carbons (Fsp3) is 0.263. The highest BCUT2D eigenvalue weighted by atomic mass is 32.2. The van der Waals surface area contributed by atoms with Crippen LogP contribution in [0.5, 0.6) is 0 Å². The van der Waals surface area contributed by atoms with Crippen molar-refractivity contribution in [2.75, 3.05) is 18.9 Å². The first-order valence-electron chi connectivity index (χ1n) is 8.12. The summed E-state index contributed by atoms with van der Waals surface area (Å²) in [6.45, 7) is 1.09. The molecule has 1 aromatic heterocycles. The molecule has 0 aliphatic rings. The van der Waals surface area contributed by atoms with E-state index in [1.165, 1.54) is 5.56 Å². The second-order valence-corrected chi connectivity index (χ2v) is 7.68. The Morgan fingerprint density at radius 1 is 1.12 bits per heavy atom. The third-order valence-corrected chi connectivity index (χ3v) is 5.52. The van der Waals surface area contributed by atoms with Crippen LogP contribution in [-0.2, 0) is 21.9 Å². The number of hydrogen-bond donors (Lipinski definition) is 1. The molecule has 0 unspecified atom stereocenters. The van der Waals surface area contributed by atoms with E-state index in [1.54, 1.807) is 11.3 Å². The van der Waals surface area contributed by atoms with Crippen molar-refractivity contribution in [3.05, 3.63) is 65.2 Å². The molecule has 2 aromatic carbocycles. The van der Waals surface area contributed by atoms with Gasteiger partial charge < -0.3 is 10.1 Å². The van der Waals surface area contributed by atoms with E-state index in [2.05, 4.69) is 22.4 Å². The van der Waals surface area contributed by atoms with E-state index in [0.717, 1.165) is 26.7 Å². The van der Waals surface area contributed by atoms with Crippen LogP contribution >= 0.6 is 23.1 Å². The summed E-state index contributed by atoms with van der Waals surface area (Å²) < 4.78 is 6.61. The average Bonchev–Trinajstić information content (AvgIpc) is 3.05. The van der Waals surface area contributed by atoms with Crippen molar-refractivity contribution >= 4 is 39.2 Å². The molecular weight excluding hydrogens is 352 g/mol. The molecule has 130 valence electrons. The van der Waals surface area contributed by atoms with Crippen LogP contribution in [0.25, 0.3) is 10.2 Å². The van der Waals surface area contributed by atoms with Gasteiger partial charge in [-0.15, -0.1) is 11.3 Å². The molecule has 0 bridgehead atoms. The Kier molecular flexibility index (Phi) is 6.85. The zero-order chi connectivity index (χ0) is 17.3. The van der Waals surface area contributed by atoms with Crippen molar-refractivity contribution in [3.8, 4) is 0 Å². The molecule has 3 aromatic rings. The molecule has 0 radical (unpaired) electrons. The predicted octanol–water partition coefficient (Wildman–Crippen LogP) is 3.86. The van der Waals surface area contributed by atoms with Crippen LogP contribution in [0.1, 0.15) is 10.6 Å². The van der Waals surface area contributed by atoms with E-state index in [4.69, 9.17) is 4.74 Å².